The molecule has 0 amide bonds. The number of anilines is 1. The maximum absolute atomic E-state index is 13.6. The minimum Gasteiger partial charge on any atom is -0.367 e. The summed E-state index contributed by atoms with van der Waals surface area (Å²) in [5.74, 6) is 0.628. The van der Waals surface area contributed by atoms with Crippen LogP contribution in [0.15, 0.2) is 47.4 Å². The van der Waals surface area contributed by atoms with E-state index in [9.17, 15) is 8.42 Å². The molecule has 0 spiro atoms. The van der Waals surface area contributed by atoms with E-state index < -0.39 is 10.0 Å². The van der Waals surface area contributed by atoms with Crippen molar-refractivity contribution in [3.05, 3.63) is 59.2 Å². The highest BCUT2D eigenvalue weighted by atomic mass is 32.2. The number of hydrogen-bond donors (Lipinski definition) is 1. The van der Waals surface area contributed by atoms with Crippen molar-refractivity contribution in [3.63, 3.8) is 0 Å². The van der Waals surface area contributed by atoms with E-state index in [1.807, 2.05) is 18.2 Å². The fourth-order valence-corrected chi connectivity index (χ4v) is 6.25. The van der Waals surface area contributed by atoms with E-state index in [1.54, 1.807) is 0 Å². The predicted octanol–water partition coefficient (Wildman–Crippen LogP) is 6.00. The molecule has 0 aliphatic carbocycles. The molecule has 2 aromatic carbocycles. The van der Waals surface area contributed by atoms with Gasteiger partial charge in [0.1, 0.15) is 0 Å². The van der Waals surface area contributed by atoms with Gasteiger partial charge < -0.3 is 4.90 Å². The first-order valence-electron chi connectivity index (χ1n) is 11.6. The standard InChI is InChI=1S/C26H38N2O2S/c1-18(2)21-15-24(19(3)4)26(25(16-21)20(5)6)31(29,30)27-17-23-13-10-14-28(23)22-11-8-7-9-12-22/h7-9,11-12,15-16,18-20,23,27H,10,13-14,17H2,1-6H3. The Balaban J connectivity index is 1.92. The fraction of sp³-hybridized carbons (Fsp3) is 0.538. The number of benzene rings is 2. The number of sulfonamides is 1. The summed E-state index contributed by atoms with van der Waals surface area (Å²) >= 11 is 0. The van der Waals surface area contributed by atoms with Gasteiger partial charge in [-0.3, -0.25) is 0 Å². The summed E-state index contributed by atoms with van der Waals surface area (Å²) in [7, 11) is -3.62. The summed E-state index contributed by atoms with van der Waals surface area (Å²) in [6, 6.07) is 14.7. The van der Waals surface area contributed by atoms with Crippen molar-refractivity contribution in [1.29, 1.82) is 0 Å². The van der Waals surface area contributed by atoms with Crippen LogP contribution < -0.4 is 9.62 Å². The predicted molar refractivity (Wildman–Crippen MR) is 131 cm³/mol. The Kier molecular flexibility index (Phi) is 7.48. The molecular weight excluding hydrogens is 404 g/mol. The molecule has 1 aliphatic heterocycles. The van der Waals surface area contributed by atoms with Crippen LogP contribution in [0.2, 0.25) is 0 Å². The largest absolute Gasteiger partial charge is 0.367 e. The van der Waals surface area contributed by atoms with Gasteiger partial charge in [-0.15, -0.1) is 0 Å². The van der Waals surface area contributed by atoms with E-state index in [1.165, 1.54) is 5.56 Å². The van der Waals surface area contributed by atoms with E-state index in [4.69, 9.17) is 0 Å². The molecular formula is C26H38N2O2S. The first-order valence-corrected chi connectivity index (χ1v) is 13.1. The molecule has 0 saturated carbocycles. The van der Waals surface area contributed by atoms with Crippen LogP contribution in [0.3, 0.4) is 0 Å². The van der Waals surface area contributed by atoms with Crippen LogP contribution in [0, 0.1) is 0 Å². The van der Waals surface area contributed by atoms with Crippen LogP contribution in [0.25, 0.3) is 0 Å². The molecule has 1 N–H and O–H groups in total. The third-order valence-corrected chi connectivity index (χ3v) is 7.88. The molecule has 4 nitrogen and oxygen atoms in total. The Bertz CT molecular complexity index is 953. The van der Waals surface area contributed by atoms with Gasteiger partial charge in [0.15, 0.2) is 0 Å². The topological polar surface area (TPSA) is 49.4 Å². The number of nitrogens with zero attached hydrogens (tertiary/aromatic N) is 1. The highest BCUT2D eigenvalue weighted by Gasteiger charge is 2.30. The van der Waals surface area contributed by atoms with Crippen LogP contribution in [0.1, 0.15) is 88.8 Å². The zero-order chi connectivity index (χ0) is 22.8. The molecule has 3 rings (SSSR count). The van der Waals surface area contributed by atoms with Crippen LogP contribution in [-0.2, 0) is 10.0 Å². The SMILES string of the molecule is CC(C)c1cc(C(C)C)c(S(=O)(=O)NCC2CCCN2c2ccccc2)c(C(C)C)c1. The van der Waals surface area contributed by atoms with E-state index in [0.717, 1.165) is 36.2 Å². The second-order valence-electron chi connectivity index (χ2n) is 9.67. The smallest absolute Gasteiger partial charge is 0.241 e. The molecule has 31 heavy (non-hydrogen) atoms. The van der Waals surface area contributed by atoms with Gasteiger partial charge >= 0.3 is 0 Å². The van der Waals surface area contributed by atoms with Gasteiger partial charge in [0.05, 0.1) is 4.90 Å². The number of rotatable bonds is 8. The summed E-state index contributed by atoms with van der Waals surface area (Å²) in [6.45, 7) is 14.0. The van der Waals surface area contributed by atoms with Gasteiger partial charge in [-0.1, -0.05) is 71.9 Å². The number of hydrogen-bond acceptors (Lipinski definition) is 3. The molecule has 1 saturated heterocycles. The molecule has 1 fully saturated rings. The van der Waals surface area contributed by atoms with Crippen molar-refractivity contribution in [2.45, 2.75) is 83.1 Å². The quantitative estimate of drug-likeness (QED) is 0.545. The van der Waals surface area contributed by atoms with Crippen LogP contribution >= 0.6 is 0 Å². The van der Waals surface area contributed by atoms with Crippen molar-refractivity contribution < 1.29 is 8.42 Å². The molecule has 5 heteroatoms. The fourth-order valence-electron chi connectivity index (χ4n) is 4.49. The van der Waals surface area contributed by atoms with Crippen molar-refractivity contribution in [2.24, 2.45) is 0 Å². The average Bonchev–Trinajstić information content (AvgIpc) is 3.20. The summed E-state index contributed by atoms with van der Waals surface area (Å²) in [4.78, 5) is 2.82. The monoisotopic (exact) mass is 442 g/mol. The molecule has 1 atom stereocenters. The maximum atomic E-state index is 13.6. The van der Waals surface area contributed by atoms with Crippen LogP contribution in [0.4, 0.5) is 5.69 Å². The molecule has 0 bridgehead atoms. The lowest BCUT2D eigenvalue weighted by Crippen LogP contribution is -2.40. The Hall–Kier alpha value is -1.85. The van der Waals surface area contributed by atoms with Gasteiger partial charge in [-0.05, 0) is 59.4 Å². The van der Waals surface area contributed by atoms with Gasteiger partial charge in [0.2, 0.25) is 10.0 Å². The highest BCUT2D eigenvalue weighted by molar-refractivity contribution is 7.89. The second kappa shape index (κ2) is 9.74. The Morgan fingerprint density at radius 1 is 0.935 bits per heavy atom. The lowest BCUT2D eigenvalue weighted by atomic mass is 9.89. The molecule has 0 radical (unpaired) electrons. The highest BCUT2D eigenvalue weighted by Crippen LogP contribution is 2.35. The van der Waals surface area contributed by atoms with E-state index in [-0.39, 0.29) is 17.9 Å². The first-order chi connectivity index (χ1) is 14.6. The molecule has 170 valence electrons. The minimum absolute atomic E-state index is 0.134. The molecule has 2 aromatic rings. The Morgan fingerprint density at radius 2 is 1.52 bits per heavy atom. The zero-order valence-electron chi connectivity index (χ0n) is 19.9. The van der Waals surface area contributed by atoms with Crippen molar-refractivity contribution >= 4 is 15.7 Å². The van der Waals surface area contributed by atoms with Gasteiger partial charge in [0.25, 0.3) is 0 Å². The van der Waals surface area contributed by atoms with Gasteiger partial charge in [-0.25, -0.2) is 13.1 Å². The molecule has 1 aliphatic rings. The van der Waals surface area contributed by atoms with E-state index >= 15 is 0 Å². The normalized spacial score (nSPS) is 17.3. The van der Waals surface area contributed by atoms with Crippen LogP contribution in [0.5, 0.6) is 0 Å². The zero-order valence-corrected chi connectivity index (χ0v) is 20.7. The number of para-hydroxylation sites is 1. The molecule has 1 unspecified atom stereocenters. The van der Waals surface area contributed by atoms with Crippen molar-refractivity contribution in [1.82, 2.24) is 4.72 Å². The summed E-state index contributed by atoms with van der Waals surface area (Å²) in [6.07, 6.45) is 2.08. The summed E-state index contributed by atoms with van der Waals surface area (Å²) in [5, 5.41) is 0. The van der Waals surface area contributed by atoms with Crippen molar-refractivity contribution in [3.8, 4) is 0 Å². The minimum atomic E-state index is -3.62. The second-order valence-corrected chi connectivity index (χ2v) is 11.4. The van der Waals surface area contributed by atoms with Crippen molar-refractivity contribution in [2.75, 3.05) is 18.0 Å². The molecule has 1 heterocycles. The van der Waals surface area contributed by atoms with E-state index in [2.05, 4.69) is 75.4 Å². The summed E-state index contributed by atoms with van der Waals surface area (Å²) in [5.41, 5.74) is 4.22. The van der Waals surface area contributed by atoms with E-state index in [0.29, 0.717) is 17.4 Å². The van der Waals surface area contributed by atoms with Gasteiger partial charge in [-0.2, -0.15) is 0 Å². The average molecular weight is 443 g/mol. The maximum Gasteiger partial charge on any atom is 0.241 e. The van der Waals surface area contributed by atoms with Gasteiger partial charge in [0, 0.05) is 24.8 Å². The summed E-state index contributed by atoms with van der Waals surface area (Å²) < 4.78 is 30.3. The Labute approximate surface area is 189 Å². The number of nitrogens with one attached hydrogen (secondary N) is 1. The lowest BCUT2D eigenvalue weighted by molar-refractivity contribution is 0.562. The third kappa shape index (κ3) is 5.32. The Morgan fingerprint density at radius 3 is 2.03 bits per heavy atom. The third-order valence-electron chi connectivity index (χ3n) is 6.32. The lowest BCUT2D eigenvalue weighted by Gasteiger charge is -2.28. The first kappa shape index (κ1) is 23.8. The van der Waals surface area contributed by atoms with Crippen LogP contribution in [-0.4, -0.2) is 27.5 Å². The molecule has 0 aromatic heterocycles.